The Kier molecular flexibility index (Phi) is 5.07. The largest absolute Gasteiger partial charge is 0.356 e. The average molecular weight is 468 g/mol. The van der Waals surface area contributed by atoms with E-state index in [9.17, 15) is 13.4 Å². The summed E-state index contributed by atoms with van der Waals surface area (Å²) in [5.41, 5.74) is 2.32. The lowest BCUT2D eigenvalue weighted by Gasteiger charge is -2.40. The smallest absolute Gasteiger partial charge is 0.299 e. The van der Waals surface area contributed by atoms with Gasteiger partial charge in [0.25, 0.3) is 5.91 Å². The Bertz CT molecular complexity index is 1430. The number of carbonyl (C=O) groups excluding carboxylic acids is 1. The van der Waals surface area contributed by atoms with E-state index in [1.165, 1.54) is 29.2 Å². The van der Waals surface area contributed by atoms with Gasteiger partial charge in [0, 0.05) is 39.1 Å². The van der Waals surface area contributed by atoms with Gasteiger partial charge in [-0.25, -0.2) is 17.7 Å². The number of nitrogens with zero attached hydrogens (tertiary/aromatic N) is 1. The number of aromatic amines is 1. The molecule has 1 unspecified atom stereocenters. The van der Waals surface area contributed by atoms with E-state index < -0.39 is 27.5 Å². The molecule has 2 heterocycles. The Balaban J connectivity index is 1.67. The van der Waals surface area contributed by atoms with Crippen LogP contribution in [0.15, 0.2) is 41.3 Å². The summed E-state index contributed by atoms with van der Waals surface area (Å²) in [6.45, 7) is 1.83. The molecule has 2 aliphatic rings. The summed E-state index contributed by atoms with van der Waals surface area (Å²) in [7, 11) is -2.85. The van der Waals surface area contributed by atoms with Crippen LogP contribution in [-0.2, 0) is 20.9 Å². The Hall–Kier alpha value is -3.15. The van der Waals surface area contributed by atoms with Gasteiger partial charge in [-0.3, -0.25) is 4.79 Å². The number of terminal acetylenes is 1. The monoisotopic (exact) mass is 467 g/mol. The van der Waals surface area contributed by atoms with Crippen molar-refractivity contribution in [2.75, 3.05) is 0 Å². The standard InChI is InChI=1S/C25H23F2N3O2S/c1-4-23(31)30-14(2)11-20-19-12-15(26)5-10-22(19)28-24(20)25(30)18-9-8-17(13-21(18)27)33(3,32)29-16-6-7-16/h1,5,8-10,12-14,16,25,28H,3,6-7,11H2,2H3,(H,29,32)/t14-,25-,33?/m0/s1. The molecule has 8 heteroatoms. The van der Waals surface area contributed by atoms with E-state index in [4.69, 9.17) is 6.42 Å². The summed E-state index contributed by atoms with van der Waals surface area (Å²) in [6.07, 6.45) is 7.72. The second-order valence-corrected chi connectivity index (χ2v) is 10.8. The fourth-order valence-electron chi connectivity index (χ4n) is 4.65. The number of hydrogen-bond acceptors (Lipinski definition) is 2. The maximum absolute atomic E-state index is 15.6. The minimum Gasteiger partial charge on any atom is -0.356 e. The predicted molar refractivity (Wildman–Crippen MR) is 125 cm³/mol. The maximum Gasteiger partial charge on any atom is 0.299 e. The summed E-state index contributed by atoms with van der Waals surface area (Å²) in [6, 6.07) is 7.67. The molecule has 5 rings (SSSR count). The average Bonchev–Trinajstić information content (AvgIpc) is 3.51. The molecule has 33 heavy (non-hydrogen) atoms. The van der Waals surface area contributed by atoms with Gasteiger partial charge in [0.05, 0.1) is 9.71 Å². The van der Waals surface area contributed by atoms with Crippen LogP contribution >= 0.6 is 0 Å². The van der Waals surface area contributed by atoms with Crippen LogP contribution in [0, 0.1) is 24.0 Å². The number of benzene rings is 2. The first kappa shape index (κ1) is 21.7. The predicted octanol–water partition coefficient (Wildman–Crippen LogP) is 3.68. The number of halogens is 2. The molecule has 1 saturated carbocycles. The van der Waals surface area contributed by atoms with Gasteiger partial charge < -0.3 is 9.88 Å². The van der Waals surface area contributed by atoms with Crippen LogP contribution in [0.4, 0.5) is 8.78 Å². The number of aromatic nitrogens is 1. The van der Waals surface area contributed by atoms with Crippen LogP contribution in [0.1, 0.15) is 42.6 Å². The highest BCUT2D eigenvalue weighted by Gasteiger charge is 2.39. The lowest BCUT2D eigenvalue weighted by atomic mass is 9.88. The fourth-order valence-corrected chi connectivity index (χ4v) is 6.14. The van der Waals surface area contributed by atoms with Gasteiger partial charge in [-0.05, 0) is 73.9 Å². The number of rotatable bonds is 4. The minimum absolute atomic E-state index is 0.134. The molecule has 0 bridgehead atoms. The summed E-state index contributed by atoms with van der Waals surface area (Å²) < 4.78 is 45.5. The number of fused-ring (bicyclic) bond motifs is 3. The fraction of sp³-hybridized carbons (Fsp3) is 0.280. The van der Waals surface area contributed by atoms with Crippen molar-refractivity contribution < 1.29 is 17.8 Å². The first-order valence-electron chi connectivity index (χ1n) is 10.7. The van der Waals surface area contributed by atoms with Gasteiger partial charge in [-0.2, -0.15) is 0 Å². The van der Waals surface area contributed by atoms with Gasteiger partial charge in [-0.1, -0.05) is 6.07 Å². The van der Waals surface area contributed by atoms with Crippen LogP contribution in [-0.4, -0.2) is 38.0 Å². The summed E-state index contributed by atoms with van der Waals surface area (Å²) in [5.74, 6) is 4.35. The number of nitrogens with one attached hydrogen (secondary N) is 2. The molecule has 1 fully saturated rings. The van der Waals surface area contributed by atoms with Crippen molar-refractivity contribution in [2.24, 2.45) is 0 Å². The van der Waals surface area contributed by atoms with E-state index >= 15 is 4.39 Å². The normalized spacial score (nSPS) is 21.9. The molecule has 3 atom stereocenters. The third kappa shape index (κ3) is 3.71. The highest BCUT2D eigenvalue weighted by atomic mass is 32.2. The number of carbonyl (C=O) groups is 1. The highest BCUT2D eigenvalue weighted by molar-refractivity contribution is 7.98. The lowest BCUT2D eigenvalue weighted by molar-refractivity contribution is -0.129. The summed E-state index contributed by atoms with van der Waals surface area (Å²) in [5, 5.41) is 0.695. The maximum atomic E-state index is 15.6. The zero-order valence-electron chi connectivity index (χ0n) is 18.0. The molecule has 1 aliphatic carbocycles. The van der Waals surface area contributed by atoms with Gasteiger partial charge in [0.15, 0.2) is 0 Å². The topological polar surface area (TPSA) is 65.2 Å². The van der Waals surface area contributed by atoms with Gasteiger partial charge in [-0.15, -0.1) is 6.42 Å². The molecule has 2 N–H and O–H groups in total. The molecular weight excluding hydrogens is 444 g/mol. The highest BCUT2D eigenvalue weighted by Crippen LogP contribution is 2.42. The number of hydrogen-bond donors (Lipinski definition) is 2. The minimum atomic E-state index is -2.85. The zero-order valence-corrected chi connectivity index (χ0v) is 18.8. The molecule has 0 spiro atoms. The van der Waals surface area contributed by atoms with E-state index in [1.807, 2.05) is 6.92 Å². The van der Waals surface area contributed by atoms with Crippen molar-refractivity contribution in [1.29, 1.82) is 0 Å². The van der Waals surface area contributed by atoms with E-state index in [1.54, 1.807) is 12.1 Å². The number of amides is 1. The van der Waals surface area contributed by atoms with Crippen molar-refractivity contribution >= 4 is 32.4 Å². The van der Waals surface area contributed by atoms with Crippen molar-refractivity contribution in [2.45, 2.75) is 49.2 Å². The first-order chi connectivity index (χ1) is 15.7. The molecule has 170 valence electrons. The van der Waals surface area contributed by atoms with Crippen LogP contribution in [0.5, 0.6) is 0 Å². The molecule has 5 nitrogen and oxygen atoms in total. The molecule has 2 aromatic carbocycles. The van der Waals surface area contributed by atoms with Crippen molar-refractivity contribution in [3.05, 3.63) is 64.9 Å². The molecule has 1 aliphatic heterocycles. The molecule has 1 amide bonds. The Morgan fingerprint density at radius 2 is 2.03 bits per heavy atom. The van der Waals surface area contributed by atoms with Crippen molar-refractivity contribution in [3.8, 4) is 12.3 Å². The van der Waals surface area contributed by atoms with Gasteiger partial charge in [0.1, 0.15) is 17.7 Å². The SMILES string of the molecule is C#CC(=O)N1[C@@H](c2ccc(S(=C)(=O)NC3CC3)cc2F)c2[nH]c3ccc(F)cc3c2C[C@@H]1C. The number of H-pyrrole nitrogens is 1. The van der Waals surface area contributed by atoms with E-state index in [2.05, 4.69) is 21.5 Å². The second kappa shape index (κ2) is 7.72. The van der Waals surface area contributed by atoms with E-state index in [0.29, 0.717) is 23.0 Å². The molecule has 0 radical (unpaired) electrons. The molecule has 3 aromatic rings. The second-order valence-electron chi connectivity index (χ2n) is 8.77. The molecule has 1 aromatic heterocycles. The van der Waals surface area contributed by atoms with Crippen LogP contribution in [0.2, 0.25) is 0 Å². The molecule has 0 saturated heterocycles. The summed E-state index contributed by atoms with van der Waals surface area (Å²) >= 11 is 0. The van der Waals surface area contributed by atoms with Crippen LogP contribution in [0.25, 0.3) is 10.9 Å². The lowest BCUT2D eigenvalue weighted by Crippen LogP contribution is -2.46. The third-order valence-corrected chi connectivity index (χ3v) is 8.10. The Morgan fingerprint density at radius 1 is 1.27 bits per heavy atom. The van der Waals surface area contributed by atoms with Crippen molar-refractivity contribution in [3.63, 3.8) is 0 Å². The van der Waals surface area contributed by atoms with Crippen LogP contribution < -0.4 is 4.72 Å². The Labute approximate surface area is 191 Å². The Morgan fingerprint density at radius 3 is 2.70 bits per heavy atom. The van der Waals surface area contributed by atoms with E-state index in [0.717, 1.165) is 18.4 Å². The first-order valence-corrected chi connectivity index (χ1v) is 12.4. The zero-order chi connectivity index (χ0) is 23.5. The van der Waals surface area contributed by atoms with Crippen LogP contribution in [0.3, 0.4) is 0 Å². The quantitative estimate of drug-likeness (QED) is 0.454. The molecular formula is C25H23F2N3O2S. The summed E-state index contributed by atoms with van der Waals surface area (Å²) in [4.78, 5) is 17.7. The van der Waals surface area contributed by atoms with E-state index in [-0.39, 0.29) is 28.4 Å². The van der Waals surface area contributed by atoms with Gasteiger partial charge in [0.2, 0.25) is 0 Å². The van der Waals surface area contributed by atoms with Crippen molar-refractivity contribution in [1.82, 2.24) is 14.6 Å². The third-order valence-electron chi connectivity index (χ3n) is 6.37. The van der Waals surface area contributed by atoms with Gasteiger partial charge >= 0.3 is 0 Å².